The number of ether oxygens (including phenoxy) is 2. The van der Waals surface area contributed by atoms with Crippen molar-refractivity contribution in [1.82, 2.24) is 9.88 Å². The molecule has 5 rings (SSSR count). The van der Waals surface area contributed by atoms with Crippen molar-refractivity contribution in [1.29, 1.82) is 0 Å². The molecule has 222 valence electrons. The second-order valence-corrected chi connectivity index (χ2v) is 10.2. The summed E-state index contributed by atoms with van der Waals surface area (Å²) in [6, 6.07) is 5.97. The molecule has 1 N–H and O–H groups in total. The highest BCUT2D eigenvalue weighted by Crippen LogP contribution is 2.37. The van der Waals surface area contributed by atoms with Crippen LogP contribution in [0, 0.1) is 18.6 Å². The average Bonchev–Trinajstić information content (AvgIpc) is 3.18. The van der Waals surface area contributed by atoms with Crippen molar-refractivity contribution in [2.24, 2.45) is 0 Å². The SMILES string of the molecule is COc1cc(F)c([C@@H]2CN(c3c(C)ccn(C4CCC4)c3=O)C(=O)[C@H]2NC(=O)c2ccc(OC(F)(F)F)cc2)c(F)c1. The third kappa shape index (κ3) is 5.55. The molecule has 1 saturated carbocycles. The molecule has 0 unspecified atom stereocenters. The van der Waals surface area contributed by atoms with Crippen molar-refractivity contribution >= 4 is 17.5 Å². The summed E-state index contributed by atoms with van der Waals surface area (Å²) in [6.45, 7) is 1.31. The number of nitrogens with zero attached hydrogens (tertiary/aromatic N) is 2. The molecule has 13 heteroatoms. The van der Waals surface area contributed by atoms with Gasteiger partial charge >= 0.3 is 6.36 Å². The molecule has 8 nitrogen and oxygen atoms in total. The Balaban J connectivity index is 1.52. The molecule has 1 saturated heterocycles. The molecule has 2 heterocycles. The number of anilines is 1. The van der Waals surface area contributed by atoms with Gasteiger partial charge in [0.1, 0.15) is 34.9 Å². The monoisotopic (exact) mass is 591 g/mol. The predicted molar refractivity (Wildman–Crippen MR) is 141 cm³/mol. The number of hydrogen-bond acceptors (Lipinski definition) is 5. The minimum absolute atomic E-state index is 0.0263. The first kappa shape index (κ1) is 29.1. The van der Waals surface area contributed by atoms with E-state index in [-0.39, 0.29) is 29.6 Å². The van der Waals surface area contributed by atoms with Crippen molar-refractivity contribution in [2.75, 3.05) is 18.6 Å². The van der Waals surface area contributed by atoms with E-state index < -0.39 is 58.6 Å². The maximum atomic E-state index is 15.3. The topological polar surface area (TPSA) is 89.9 Å². The Kier molecular flexibility index (Phi) is 7.69. The molecule has 2 fully saturated rings. The highest BCUT2D eigenvalue weighted by molar-refractivity contribution is 6.05. The van der Waals surface area contributed by atoms with E-state index in [1.165, 1.54) is 7.11 Å². The Hall–Kier alpha value is -4.42. The molecular formula is C29H26F5N3O5. The number of aryl methyl sites for hydroxylation is 1. The smallest absolute Gasteiger partial charge is 0.497 e. The number of amides is 2. The highest BCUT2D eigenvalue weighted by atomic mass is 19.4. The number of alkyl halides is 3. The maximum absolute atomic E-state index is 15.3. The normalized spacial score (nSPS) is 19.0. The van der Waals surface area contributed by atoms with Crippen molar-refractivity contribution in [3.8, 4) is 11.5 Å². The van der Waals surface area contributed by atoms with Gasteiger partial charge in [-0.05, 0) is 62.1 Å². The number of halogens is 5. The molecular weight excluding hydrogens is 565 g/mol. The number of nitrogens with one attached hydrogen (secondary N) is 1. The standard InChI is InChI=1S/C29H26F5N3O5/c1-15-10-11-36(17-4-3-5-17)28(40)25(15)37-14-20(23-21(30)12-19(41-2)13-22(23)31)24(27(37)39)35-26(38)16-6-8-18(9-7-16)42-29(32,33)34/h6-13,17,20,24H,3-5,14H2,1-2H3,(H,35,38)/t20-,24-/m0/s1. The Morgan fingerprint density at radius 1 is 1.00 bits per heavy atom. The second kappa shape index (κ2) is 11.1. The Labute approximate surface area is 236 Å². The van der Waals surface area contributed by atoms with Crippen LogP contribution in [0.3, 0.4) is 0 Å². The van der Waals surface area contributed by atoms with Gasteiger partial charge in [0.2, 0.25) is 5.91 Å². The Bertz CT molecular complexity index is 1560. The van der Waals surface area contributed by atoms with E-state index in [0.717, 1.165) is 60.6 Å². The van der Waals surface area contributed by atoms with Gasteiger partial charge in [0, 0.05) is 48.0 Å². The van der Waals surface area contributed by atoms with Gasteiger partial charge < -0.3 is 24.3 Å². The summed E-state index contributed by atoms with van der Waals surface area (Å²) in [4.78, 5) is 41.6. The van der Waals surface area contributed by atoms with E-state index in [9.17, 15) is 27.6 Å². The summed E-state index contributed by atoms with van der Waals surface area (Å²) in [7, 11) is 1.23. The molecule has 0 spiro atoms. The molecule has 42 heavy (non-hydrogen) atoms. The molecule has 2 aliphatic rings. The van der Waals surface area contributed by atoms with E-state index in [1.54, 1.807) is 23.8 Å². The fourth-order valence-electron chi connectivity index (χ4n) is 5.33. The van der Waals surface area contributed by atoms with Crippen LogP contribution in [0.1, 0.15) is 52.7 Å². The number of carbonyl (C=O) groups excluding carboxylic acids is 2. The minimum atomic E-state index is -4.93. The number of aromatic nitrogens is 1. The minimum Gasteiger partial charge on any atom is -0.497 e. The lowest BCUT2D eigenvalue weighted by Crippen LogP contribution is -2.45. The molecule has 0 bridgehead atoms. The van der Waals surface area contributed by atoms with Crippen LogP contribution in [0.25, 0.3) is 0 Å². The molecule has 0 radical (unpaired) electrons. The van der Waals surface area contributed by atoms with Crippen LogP contribution in [0.4, 0.5) is 27.6 Å². The van der Waals surface area contributed by atoms with Crippen molar-refractivity contribution in [2.45, 2.75) is 50.6 Å². The van der Waals surface area contributed by atoms with Crippen LogP contribution < -0.4 is 25.2 Å². The first-order valence-corrected chi connectivity index (χ1v) is 13.1. The summed E-state index contributed by atoms with van der Waals surface area (Å²) >= 11 is 0. The van der Waals surface area contributed by atoms with Gasteiger partial charge in [-0.15, -0.1) is 13.2 Å². The lowest BCUT2D eigenvalue weighted by atomic mass is 9.92. The Morgan fingerprint density at radius 3 is 2.19 bits per heavy atom. The number of hydrogen-bond donors (Lipinski definition) is 1. The first-order chi connectivity index (χ1) is 19.9. The summed E-state index contributed by atoms with van der Waals surface area (Å²) in [5, 5.41) is 2.48. The largest absolute Gasteiger partial charge is 0.573 e. The van der Waals surface area contributed by atoms with Crippen LogP contribution in [-0.2, 0) is 4.79 Å². The van der Waals surface area contributed by atoms with E-state index in [2.05, 4.69) is 10.1 Å². The summed E-state index contributed by atoms with van der Waals surface area (Å²) in [5.41, 5.74) is -0.549. The van der Waals surface area contributed by atoms with E-state index in [1.807, 2.05) is 0 Å². The lowest BCUT2D eigenvalue weighted by molar-refractivity contribution is -0.274. The number of pyridine rings is 1. The van der Waals surface area contributed by atoms with E-state index in [4.69, 9.17) is 4.74 Å². The fraction of sp³-hybridized carbons (Fsp3) is 0.345. The summed E-state index contributed by atoms with van der Waals surface area (Å²) in [6.07, 6.45) is -0.731. The highest BCUT2D eigenvalue weighted by Gasteiger charge is 2.46. The number of carbonyl (C=O) groups is 2. The number of benzene rings is 2. The zero-order chi connectivity index (χ0) is 30.3. The average molecular weight is 592 g/mol. The molecule has 1 aliphatic carbocycles. The van der Waals surface area contributed by atoms with Gasteiger partial charge in [-0.1, -0.05) is 0 Å². The predicted octanol–water partition coefficient (Wildman–Crippen LogP) is 5.00. The quantitative estimate of drug-likeness (QED) is 0.391. The van der Waals surface area contributed by atoms with Gasteiger partial charge in [0.25, 0.3) is 11.5 Å². The van der Waals surface area contributed by atoms with E-state index >= 15 is 8.78 Å². The molecule has 3 aromatic rings. The zero-order valence-electron chi connectivity index (χ0n) is 22.5. The van der Waals surface area contributed by atoms with Crippen LogP contribution in [-0.4, -0.2) is 42.4 Å². The Morgan fingerprint density at radius 2 is 1.64 bits per heavy atom. The van der Waals surface area contributed by atoms with Crippen molar-refractivity contribution < 1.29 is 41.0 Å². The van der Waals surface area contributed by atoms with Crippen LogP contribution >= 0.6 is 0 Å². The van der Waals surface area contributed by atoms with Gasteiger partial charge in [0.15, 0.2) is 0 Å². The van der Waals surface area contributed by atoms with Crippen LogP contribution in [0.15, 0.2) is 53.5 Å². The van der Waals surface area contributed by atoms with Gasteiger partial charge in [-0.3, -0.25) is 14.4 Å². The van der Waals surface area contributed by atoms with Crippen LogP contribution in [0.5, 0.6) is 11.5 Å². The van der Waals surface area contributed by atoms with Crippen LogP contribution in [0.2, 0.25) is 0 Å². The summed E-state index contributed by atoms with van der Waals surface area (Å²) < 4.78 is 78.4. The zero-order valence-corrected chi connectivity index (χ0v) is 22.5. The third-order valence-corrected chi connectivity index (χ3v) is 7.64. The molecule has 2 atom stereocenters. The van der Waals surface area contributed by atoms with E-state index in [0.29, 0.717) is 5.56 Å². The van der Waals surface area contributed by atoms with Gasteiger partial charge in [0.05, 0.1) is 7.11 Å². The molecule has 1 aliphatic heterocycles. The third-order valence-electron chi connectivity index (χ3n) is 7.64. The first-order valence-electron chi connectivity index (χ1n) is 13.1. The number of methoxy groups -OCH3 is 1. The summed E-state index contributed by atoms with van der Waals surface area (Å²) in [5.74, 6) is -5.62. The molecule has 2 amide bonds. The van der Waals surface area contributed by atoms with Crippen molar-refractivity contribution in [3.05, 3.63) is 87.3 Å². The second-order valence-electron chi connectivity index (χ2n) is 10.2. The van der Waals surface area contributed by atoms with Gasteiger partial charge in [-0.2, -0.15) is 0 Å². The molecule has 2 aromatic carbocycles. The van der Waals surface area contributed by atoms with Gasteiger partial charge in [-0.25, -0.2) is 8.78 Å². The van der Waals surface area contributed by atoms with Crippen molar-refractivity contribution in [3.63, 3.8) is 0 Å². The fourth-order valence-corrected chi connectivity index (χ4v) is 5.33. The molecule has 1 aromatic heterocycles. The lowest BCUT2D eigenvalue weighted by Gasteiger charge is -2.29. The number of rotatable bonds is 7. The maximum Gasteiger partial charge on any atom is 0.573 e.